The van der Waals surface area contributed by atoms with Crippen LogP contribution in [0.25, 0.3) is 0 Å². The minimum atomic E-state index is -0.0366. The highest BCUT2D eigenvalue weighted by atomic mass is 16.1. The lowest BCUT2D eigenvalue weighted by Gasteiger charge is -2.20. The van der Waals surface area contributed by atoms with Crippen molar-refractivity contribution >= 4 is 29.0 Å². The van der Waals surface area contributed by atoms with Gasteiger partial charge in [-0.3, -0.25) is 4.79 Å². The van der Waals surface area contributed by atoms with Crippen LogP contribution in [0.3, 0.4) is 0 Å². The summed E-state index contributed by atoms with van der Waals surface area (Å²) in [6.45, 7) is 10.0. The van der Waals surface area contributed by atoms with E-state index in [1.807, 2.05) is 68.4 Å². The number of anilines is 4. The van der Waals surface area contributed by atoms with Crippen molar-refractivity contribution in [2.75, 3.05) is 28.6 Å². The van der Waals surface area contributed by atoms with Crippen LogP contribution < -0.4 is 15.5 Å². The van der Waals surface area contributed by atoms with Crippen molar-refractivity contribution in [3.05, 3.63) is 71.4 Å². The Labute approximate surface area is 178 Å². The molecule has 2 aromatic carbocycles. The van der Waals surface area contributed by atoms with Gasteiger partial charge in [-0.25, -0.2) is 4.98 Å². The number of carbonyl (C=O) groups is 1. The Morgan fingerprint density at radius 2 is 1.53 bits per heavy atom. The fourth-order valence-electron chi connectivity index (χ4n) is 3.18. The zero-order chi connectivity index (χ0) is 21.5. The first-order valence-corrected chi connectivity index (χ1v) is 10.3. The lowest BCUT2D eigenvalue weighted by molar-refractivity contribution is -0.115. The van der Waals surface area contributed by atoms with Crippen molar-refractivity contribution in [3.8, 4) is 0 Å². The van der Waals surface area contributed by atoms with Gasteiger partial charge in [0.25, 0.3) is 0 Å². The van der Waals surface area contributed by atoms with Gasteiger partial charge >= 0.3 is 0 Å². The molecule has 0 radical (unpaired) electrons. The standard InChI is InChI=1S/C24H29N5O/c1-5-29(6-2)22-15-18(4)25-24(28-22)27-21-13-11-20(12-14-21)26-23(30)16-19-9-7-17(3)8-10-19/h7-15H,5-6,16H2,1-4H3,(H,26,30)(H,25,27,28). The molecule has 3 aromatic rings. The van der Waals surface area contributed by atoms with Crippen LogP contribution in [0.2, 0.25) is 0 Å². The largest absolute Gasteiger partial charge is 0.357 e. The summed E-state index contributed by atoms with van der Waals surface area (Å²) in [6.07, 6.45) is 0.353. The first-order chi connectivity index (χ1) is 14.5. The Morgan fingerprint density at radius 3 is 2.17 bits per heavy atom. The molecule has 1 amide bonds. The third kappa shape index (κ3) is 5.80. The predicted octanol–water partition coefficient (Wildman–Crippen LogP) is 4.86. The number of benzene rings is 2. The molecule has 0 aliphatic heterocycles. The Kier molecular flexibility index (Phi) is 7.01. The number of aromatic nitrogens is 2. The zero-order valence-electron chi connectivity index (χ0n) is 18.1. The Morgan fingerprint density at radius 1 is 0.900 bits per heavy atom. The maximum atomic E-state index is 12.3. The highest BCUT2D eigenvalue weighted by molar-refractivity contribution is 5.92. The molecule has 30 heavy (non-hydrogen) atoms. The van der Waals surface area contributed by atoms with Gasteiger partial charge in [-0.05, 0) is 57.5 Å². The second-order valence-corrected chi connectivity index (χ2v) is 7.28. The van der Waals surface area contributed by atoms with E-state index in [9.17, 15) is 4.79 Å². The molecule has 0 saturated carbocycles. The lowest BCUT2D eigenvalue weighted by Crippen LogP contribution is -2.23. The minimum Gasteiger partial charge on any atom is -0.357 e. The number of rotatable bonds is 8. The second-order valence-electron chi connectivity index (χ2n) is 7.28. The van der Waals surface area contributed by atoms with Gasteiger partial charge in [0, 0.05) is 36.2 Å². The van der Waals surface area contributed by atoms with Crippen LogP contribution in [0.5, 0.6) is 0 Å². The normalized spacial score (nSPS) is 10.5. The molecular formula is C24H29N5O. The molecule has 3 rings (SSSR count). The molecule has 6 nitrogen and oxygen atoms in total. The molecule has 1 heterocycles. The van der Waals surface area contributed by atoms with Crippen LogP contribution in [0, 0.1) is 13.8 Å². The monoisotopic (exact) mass is 403 g/mol. The predicted molar refractivity (Wildman–Crippen MR) is 124 cm³/mol. The van der Waals surface area contributed by atoms with Gasteiger partial charge in [0.1, 0.15) is 5.82 Å². The van der Waals surface area contributed by atoms with Gasteiger partial charge in [0.2, 0.25) is 11.9 Å². The molecule has 0 unspecified atom stereocenters. The van der Waals surface area contributed by atoms with Gasteiger partial charge in [-0.1, -0.05) is 29.8 Å². The van der Waals surface area contributed by atoms with Gasteiger partial charge in [-0.2, -0.15) is 4.98 Å². The van der Waals surface area contributed by atoms with Gasteiger partial charge in [0.05, 0.1) is 6.42 Å². The first kappa shape index (κ1) is 21.3. The van der Waals surface area contributed by atoms with Crippen LogP contribution in [0.1, 0.15) is 30.7 Å². The maximum Gasteiger partial charge on any atom is 0.229 e. The number of carbonyl (C=O) groups excluding carboxylic acids is 1. The third-order valence-corrected chi connectivity index (χ3v) is 4.84. The summed E-state index contributed by atoms with van der Waals surface area (Å²) >= 11 is 0. The van der Waals surface area contributed by atoms with Crippen LogP contribution in [0.4, 0.5) is 23.1 Å². The van der Waals surface area contributed by atoms with Crippen molar-refractivity contribution < 1.29 is 4.79 Å². The number of hydrogen-bond donors (Lipinski definition) is 2. The molecule has 0 bridgehead atoms. The molecule has 0 aliphatic rings. The Bertz CT molecular complexity index is 979. The average molecular weight is 404 g/mol. The van der Waals surface area contributed by atoms with E-state index in [4.69, 9.17) is 0 Å². The summed E-state index contributed by atoms with van der Waals surface area (Å²) in [5.74, 6) is 1.44. The molecule has 156 valence electrons. The third-order valence-electron chi connectivity index (χ3n) is 4.84. The van der Waals surface area contributed by atoms with E-state index in [1.54, 1.807) is 0 Å². The molecular weight excluding hydrogens is 374 g/mol. The summed E-state index contributed by atoms with van der Waals surface area (Å²) in [5.41, 5.74) is 4.71. The van der Waals surface area contributed by atoms with E-state index in [-0.39, 0.29) is 5.91 Å². The number of nitrogens with one attached hydrogen (secondary N) is 2. The van der Waals surface area contributed by atoms with Crippen LogP contribution in [-0.4, -0.2) is 29.0 Å². The van der Waals surface area contributed by atoms with E-state index in [0.29, 0.717) is 12.4 Å². The maximum absolute atomic E-state index is 12.3. The number of amides is 1. The second kappa shape index (κ2) is 9.87. The van der Waals surface area contributed by atoms with E-state index >= 15 is 0 Å². The molecule has 6 heteroatoms. The van der Waals surface area contributed by atoms with Crippen LogP contribution in [-0.2, 0) is 11.2 Å². The fourth-order valence-corrected chi connectivity index (χ4v) is 3.18. The molecule has 2 N–H and O–H groups in total. The van der Waals surface area contributed by atoms with Crippen molar-refractivity contribution in [2.24, 2.45) is 0 Å². The highest BCUT2D eigenvalue weighted by Crippen LogP contribution is 2.20. The minimum absolute atomic E-state index is 0.0366. The number of hydrogen-bond acceptors (Lipinski definition) is 5. The topological polar surface area (TPSA) is 70.2 Å². The van der Waals surface area contributed by atoms with Crippen molar-refractivity contribution in [1.82, 2.24) is 9.97 Å². The summed E-state index contributed by atoms with van der Waals surface area (Å²) in [5, 5.41) is 6.19. The summed E-state index contributed by atoms with van der Waals surface area (Å²) in [4.78, 5) is 23.6. The van der Waals surface area contributed by atoms with Crippen molar-refractivity contribution in [2.45, 2.75) is 34.1 Å². The Balaban J connectivity index is 1.63. The SMILES string of the molecule is CCN(CC)c1cc(C)nc(Nc2ccc(NC(=O)Cc3ccc(C)cc3)cc2)n1. The van der Waals surface area contributed by atoms with E-state index in [0.717, 1.165) is 41.5 Å². The van der Waals surface area contributed by atoms with Crippen molar-refractivity contribution in [1.29, 1.82) is 0 Å². The molecule has 0 atom stereocenters. The van der Waals surface area contributed by atoms with Crippen molar-refractivity contribution in [3.63, 3.8) is 0 Å². The van der Waals surface area contributed by atoms with Crippen LogP contribution in [0.15, 0.2) is 54.6 Å². The van der Waals surface area contributed by atoms with E-state index in [1.165, 1.54) is 5.56 Å². The zero-order valence-corrected chi connectivity index (χ0v) is 18.1. The van der Waals surface area contributed by atoms with Crippen LogP contribution >= 0.6 is 0 Å². The summed E-state index contributed by atoms with van der Waals surface area (Å²) in [6, 6.07) is 17.5. The highest BCUT2D eigenvalue weighted by Gasteiger charge is 2.08. The molecule has 0 aliphatic carbocycles. The summed E-state index contributed by atoms with van der Waals surface area (Å²) in [7, 11) is 0. The van der Waals surface area contributed by atoms with E-state index in [2.05, 4.69) is 39.3 Å². The molecule has 0 fully saturated rings. The van der Waals surface area contributed by atoms with Gasteiger partial charge in [0.15, 0.2) is 0 Å². The fraction of sp³-hybridized carbons (Fsp3) is 0.292. The average Bonchev–Trinajstić information content (AvgIpc) is 2.72. The quantitative estimate of drug-likeness (QED) is 0.562. The molecule has 0 saturated heterocycles. The van der Waals surface area contributed by atoms with Gasteiger partial charge in [-0.15, -0.1) is 0 Å². The molecule has 0 spiro atoms. The van der Waals surface area contributed by atoms with Gasteiger partial charge < -0.3 is 15.5 Å². The first-order valence-electron chi connectivity index (χ1n) is 10.3. The molecule has 1 aromatic heterocycles. The number of nitrogens with zero attached hydrogens (tertiary/aromatic N) is 3. The van der Waals surface area contributed by atoms with E-state index < -0.39 is 0 Å². The number of aryl methyl sites for hydroxylation is 2. The Hall–Kier alpha value is -3.41. The smallest absolute Gasteiger partial charge is 0.229 e. The lowest BCUT2D eigenvalue weighted by atomic mass is 10.1. The summed E-state index contributed by atoms with van der Waals surface area (Å²) < 4.78 is 0.